The highest BCUT2D eigenvalue weighted by atomic mass is 19.4. The molecule has 0 saturated heterocycles. The predicted molar refractivity (Wildman–Crippen MR) is 70.5 cm³/mol. The fourth-order valence-corrected chi connectivity index (χ4v) is 2.22. The van der Waals surface area contributed by atoms with Gasteiger partial charge in [0.05, 0.1) is 17.4 Å². The molecule has 3 heterocycles. The molecule has 0 amide bonds. The fourth-order valence-electron chi connectivity index (χ4n) is 2.22. The highest BCUT2D eigenvalue weighted by Gasteiger charge is 2.40. The van der Waals surface area contributed by atoms with Crippen LogP contribution in [0.3, 0.4) is 0 Å². The number of carbonyl (C=O) groups is 1. The summed E-state index contributed by atoms with van der Waals surface area (Å²) in [6.45, 7) is 0. The molecule has 3 aromatic rings. The van der Waals surface area contributed by atoms with Gasteiger partial charge in [-0.15, -0.1) is 0 Å². The number of carboxylic acids is 1. The zero-order chi connectivity index (χ0) is 16.8. The van der Waals surface area contributed by atoms with E-state index in [1.807, 2.05) is 0 Å². The summed E-state index contributed by atoms with van der Waals surface area (Å²) in [5, 5.41) is 12.5. The van der Waals surface area contributed by atoms with Gasteiger partial charge in [0, 0.05) is 12.4 Å². The summed E-state index contributed by atoms with van der Waals surface area (Å²) < 4.78 is 41.3. The number of alkyl halides is 3. The van der Waals surface area contributed by atoms with Crippen LogP contribution in [0.2, 0.25) is 0 Å². The molecule has 0 unspecified atom stereocenters. The van der Waals surface area contributed by atoms with Gasteiger partial charge in [-0.25, -0.2) is 19.3 Å². The van der Waals surface area contributed by atoms with Crippen LogP contribution in [0.4, 0.5) is 13.2 Å². The second-order valence-electron chi connectivity index (χ2n) is 4.50. The number of halogens is 3. The molecule has 0 bridgehead atoms. The number of hydrogen-bond acceptors (Lipinski definition) is 4. The zero-order valence-electron chi connectivity index (χ0n) is 11.2. The van der Waals surface area contributed by atoms with Gasteiger partial charge in [0.25, 0.3) is 0 Å². The van der Waals surface area contributed by atoms with Crippen molar-refractivity contribution in [3.63, 3.8) is 0 Å². The average Bonchev–Trinajstić information content (AvgIpc) is 2.92. The molecule has 7 nitrogen and oxygen atoms in total. The molecule has 3 aromatic heterocycles. The molecular formula is C13H7F3N4O3. The first-order chi connectivity index (χ1) is 10.8. The lowest BCUT2D eigenvalue weighted by atomic mass is 10.2. The first kappa shape index (κ1) is 14.8. The molecule has 118 valence electrons. The van der Waals surface area contributed by atoms with Gasteiger partial charge in [0.1, 0.15) is 5.56 Å². The maximum Gasteiger partial charge on any atom is 0.434 e. The minimum atomic E-state index is -4.94. The van der Waals surface area contributed by atoms with Gasteiger partial charge in [-0.3, -0.25) is 4.40 Å². The van der Waals surface area contributed by atoms with Crippen LogP contribution in [-0.4, -0.2) is 30.2 Å². The lowest BCUT2D eigenvalue weighted by molar-refractivity contribution is -0.143. The molecule has 0 aliphatic heterocycles. The lowest BCUT2D eigenvalue weighted by Gasteiger charge is -2.13. The molecule has 0 fully saturated rings. The molecule has 0 radical (unpaired) electrons. The molecule has 0 aromatic carbocycles. The van der Waals surface area contributed by atoms with Gasteiger partial charge in [-0.2, -0.15) is 18.3 Å². The zero-order valence-corrected chi connectivity index (χ0v) is 11.2. The van der Waals surface area contributed by atoms with Crippen LogP contribution in [0.25, 0.3) is 11.2 Å². The van der Waals surface area contributed by atoms with Gasteiger partial charge in [-0.1, -0.05) is 0 Å². The number of rotatable bonds is 2. The maximum absolute atomic E-state index is 13.3. The fraction of sp³-hybridized carbons (Fsp3) is 0.0769. The Hall–Kier alpha value is -3.17. The van der Waals surface area contributed by atoms with Crippen molar-refractivity contribution in [2.75, 3.05) is 0 Å². The Bertz CT molecular complexity index is 974. The van der Waals surface area contributed by atoms with Crippen molar-refractivity contribution < 1.29 is 23.1 Å². The Labute approximate surface area is 125 Å². The molecule has 0 aliphatic rings. The van der Waals surface area contributed by atoms with Gasteiger partial charge in [-0.05, 0) is 18.2 Å². The van der Waals surface area contributed by atoms with Crippen molar-refractivity contribution in [3.8, 4) is 5.69 Å². The maximum atomic E-state index is 13.3. The number of nitrogens with zero attached hydrogens (tertiary/aromatic N) is 4. The summed E-state index contributed by atoms with van der Waals surface area (Å²) >= 11 is 0. The van der Waals surface area contributed by atoms with Crippen LogP contribution in [0.1, 0.15) is 16.1 Å². The molecule has 0 aliphatic carbocycles. The Morgan fingerprint density at radius 2 is 2.00 bits per heavy atom. The second kappa shape index (κ2) is 4.93. The van der Waals surface area contributed by atoms with Gasteiger partial charge < -0.3 is 5.11 Å². The summed E-state index contributed by atoms with van der Waals surface area (Å²) in [7, 11) is 0. The van der Waals surface area contributed by atoms with E-state index in [2.05, 4.69) is 10.1 Å². The molecule has 10 heteroatoms. The highest BCUT2D eigenvalue weighted by Crippen LogP contribution is 2.34. The van der Waals surface area contributed by atoms with Crippen molar-refractivity contribution in [2.24, 2.45) is 0 Å². The third kappa shape index (κ3) is 2.33. The van der Waals surface area contributed by atoms with Crippen molar-refractivity contribution in [3.05, 3.63) is 58.5 Å². The first-order valence-corrected chi connectivity index (χ1v) is 6.16. The van der Waals surface area contributed by atoms with Gasteiger partial charge in [0.15, 0.2) is 5.69 Å². The van der Waals surface area contributed by atoms with Crippen LogP contribution >= 0.6 is 0 Å². The Morgan fingerprint density at radius 1 is 1.26 bits per heavy atom. The standard InChI is InChI=1S/C13H7F3N4O3/c14-13(15,16)10-7(11(21)22)6-18-20(10)9-2-1-5-19-8(9)3-4-17-12(19)23/h1-6H,(H,21,22). The van der Waals surface area contributed by atoms with Crippen LogP contribution in [0.15, 0.2) is 41.6 Å². The molecule has 23 heavy (non-hydrogen) atoms. The van der Waals surface area contributed by atoms with E-state index >= 15 is 0 Å². The van der Waals surface area contributed by atoms with Crippen LogP contribution in [-0.2, 0) is 6.18 Å². The van der Waals surface area contributed by atoms with E-state index in [9.17, 15) is 22.8 Å². The van der Waals surface area contributed by atoms with E-state index < -0.39 is 29.1 Å². The van der Waals surface area contributed by atoms with Crippen molar-refractivity contribution in [2.45, 2.75) is 6.18 Å². The van der Waals surface area contributed by atoms with E-state index in [0.717, 1.165) is 10.6 Å². The number of aromatic nitrogens is 4. The topological polar surface area (TPSA) is 89.5 Å². The van der Waals surface area contributed by atoms with Gasteiger partial charge >= 0.3 is 17.8 Å². The Balaban J connectivity index is 2.39. The molecule has 0 spiro atoms. The molecule has 0 atom stereocenters. The Kier molecular flexibility index (Phi) is 3.17. The number of fused-ring (bicyclic) bond motifs is 1. The predicted octanol–water partition coefficient (Wildman–Crippen LogP) is 1.60. The largest absolute Gasteiger partial charge is 0.478 e. The molecule has 3 rings (SSSR count). The first-order valence-electron chi connectivity index (χ1n) is 6.16. The molecule has 0 saturated carbocycles. The van der Waals surface area contributed by atoms with Crippen molar-refractivity contribution >= 4 is 11.5 Å². The Morgan fingerprint density at radius 3 is 2.65 bits per heavy atom. The molecular weight excluding hydrogens is 317 g/mol. The van der Waals surface area contributed by atoms with E-state index in [1.54, 1.807) is 0 Å². The summed E-state index contributed by atoms with van der Waals surface area (Å²) in [5.74, 6) is -1.75. The quantitative estimate of drug-likeness (QED) is 0.773. The third-order valence-electron chi connectivity index (χ3n) is 3.13. The van der Waals surface area contributed by atoms with E-state index in [1.165, 1.54) is 24.4 Å². The molecule has 1 N–H and O–H groups in total. The SMILES string of the molecule is O=C(O)c1cnn(-c2cccn3c(=O)nccc23)c1C(F)(F)F. The number of pyridine rings is 1. The second-order valence-corrected chi connectivity index (χ2v) is 4.50. The third-order valence-corrected chi connectivity index (χ3v) is 3.13. The normalized spacial score (nSPS) is 11.8. The lowest BCUT2D eigenvalue weighted by Crippen LogP contribution is -2.20. The van der Waals surface area contributed by atoms with Crippen LogP contribution in [0.5, 0.6) is 0 Å². The van der Waals surface area contributed by atoms with E-state index in [0.29, 0.717) is 10.9 Å². The average molecular weight is 324 g/mol. The summed E-state index contributed by atoms with van der Waals surface area (Å²) in [5.41, 5.74) is -3.06. The summed E-state index contributed by atoms with van der Waals surface area (Å²) in [6.07, 6.45) is -1.84. The van der Waals surface area contributed by atoms with E-state index in [-0.39, 0.29) is 11.2 Å². The monoisotopic (exact) mass is 324 g/mol. The van der Waals surface area contributed by atoms with Crippen molar-refractivity contribution in [1.82, 2.24) is 19.2 Å². The minimum absolute atomic E-state index is 0.0909. The number of aromatic carboxylic acids is 1. The highest BCUT2D eigenvalue weighted by molar-refractivity contribution is 5.89. The van der Waals surface area contributed by atoms with Gasteiger partial charge in [0.2, 0.25) is 0 Å². The van der Waals surface area contributed by atoms with Crippen LogP contribution in [0, 0.1) is 0 Å². The summed E-state index contributed by atoms with van der Waals surface area (Å²) in [4.78, 5) is 26.2. The van der Waals surface area contributed by atoms with E-state index in [4.69, 9.17) is 5.11 Å². The van der Waals surface area contributed by atoms with Crippen molar-refractivity contribution in [1.29, 1.82) is 0 Å². The number of hydrogen-bond donors (Lipinski definition) is 1. The number of carboxylic acid groups (broad SMARTS) is 1. The van der Waals surface area contributed by atoms with Crippen LogP contribution < -0.4 is 5.69 Å². The smallest absolute Gasteiger partial charge is 0.434 e. The minimum Gasteiger partial charge on any atom is -0.478 e. The summed E-state index contributed by atoms with van der Waals surface area (Å²) in [6, 6.07) is 3.97.